The van der Waals surface area contributed by atoms with Crippen molar-refractivity contribution in [1.29, 1.82) is 0 Å². The van der Waals surface area contributed by atoms with Crippen LogP contribution in [-0.4, -0.2) is 50.3 Å². The highest BCUT2D eigenvalue weighted by molar-refractivity contribution is 14.0. The Hall–Kier alpha value is -1.71. The number of aliphatic imine (C=N–C) groups is 1. The van der Waals surface area contributed by atoms with Crippen LogP contribution in [0.2, 0.25) is 0 Å². The number of aryl methyl sites for hydroxylation is 1. The number of rotatable bonds is 8. The van der Waals surface area contributed by atoms with E-state index in [9.17, 15) is 4.39 Å². The molecule has 0 saturated carbocycles. The van der Waals surface area contributed by atoms with Crippen molar-refractivity contribution in [2.24, 2.45) is 4.99 Å². The number of benzene rings is 2. The largest absolute Gasteiger partial charge is 0.379 e. The molecular formula is C24H34FIN4O. The molecule has 1 aliphatic heterocycles. The van der Waals surface area contributed by atoms with Crippen LogP contribution in [-0.2, 0) is 24.2 Å². The molecule has 0 atom stereocenters. The van der Waals surface area contributed by atoms with Crippen LogP contribution < -0.4 is 10.6 Å². The first-order valence-corrected chi connectivity index (χ1v) is 10.8. The highest BCUT2D eigenvalue weighted by atomic mass is 127. The number of halogens is 2. The molecule has 3 rings (SSSR count). The molecule has 2 aromatic carbocycles. The first-order valence-electron chi connectivity index (χ1n) is 10.8. The Labute approximate surface area is 202 Å². The van der Waals surface area contributed by atoms with Gasteiger partial charge in [-0.1, -0.05) is 30.3 Å². The van der Waals surface area contributed by atoms with Gasteiger partial charge in [0, 0.05) is 32.7 Å². The van der Waals surface area contributed by atoms with Crippen LogP contribution in [0.4, 0.5) is 4.39 Å². The van der Waals surface area contributed by atoms with Crippen molar-refractivity contribution >= 4 is 29.9 Å². The Bertz CT molecular complexity index is 840. The van der Waals surface area contributed by atoms with Gasteiger partial charge in [-0.3, -0.25) is 4.90 Å². The van der Waals surface area contributed by atoms with Gasteiger partial charge in [0.05, 0.1) is 19.8 Å². The normalized spacial score (nSPS) is 14.7. The Morgan fingerprint density at radius 2 is 1.81 bits per heavy atom. The molecule has 0 bridgehead atoms. The molecule has 1 aliphatic rings. The first-order chi connectivity index (χ1) is 14.7. The van der Waals surface area contributed by atoms with Crippen molar-refractivity contribution in [3.8, 4) is 0 Å². The molecule has 1 saturated heterocycles. The lowest BCUT2D eigenvalue weighted by atomic mass is 10.1. The maximum absolute atomic E-state index is 13.3. The third-order valence-corrected chi connectivity index (χ3v) is 5.36. The van der Waals surface area contributed by atoms with Gasteiger partial charge in [0.2, 0.25) is 0 Å². The monoisotopic (exact) mass is 540 g/mol. The van der Waals surface area contributed by atoms with Crippen LogP contribution in [0.15, 0.2) is 47.5 Å². The summed E-state index contributed by atoms with van der Waals surface area (Å²) in [6, 6.07) is 13.5. The van der Waals surface area contributed by atoms with Crippen molar-refractivity contribution in [2.75, 3.05) is 39.4 Å². The van der Waals surface area contributed by atoms with Crippen LogP contribution in [0.25, 0.3) is 0 Å². The van der Waals surface area contributed by atoms with E-state index in [2.05, 4.69) is 46.7 Å². The maximum atomic E-state index is 13.3. The summed E-state index contributed by atoms with van der Waals surface area (Å²) in [6.07, 6.45) is 0.824. The van der Waals surface area contributed by atoms with Gasteiger partial charge < -0.3 is 15.4 Å². The smallest absolute Gasteiger partial charge is 0.191 e. The fourth-order valence-electron chi connectivity index (χ4n) is 3.63. The van der Waals surface area contributed by atoms with Gasteiger partial charge in [-0.2, -0.15) is 0 Å². The zero-order chi connectivity index (χ0) is 21.2. The van der Waals surface area contributed by atoms with E-state index in [0.29, 0.717) is 6.54 Å². The average molecular weight is 540 g/mol. The van der Waals surface area contributed by atoms with Gasteiger partial charge in [-0.15, -0.1) is 24.0 Å². The number of hydrogen-bond donors (Lipinski definition) is 2. The summed E-state index contributed by atoms with van der Waals surface area (Å²) in [7, 11) is 0. The van der Waals surface area contributed by atoms with Crippen molar-refractivity contribution in [2.45, 2.75) is 33.4 Å². The number of morpholine rings is 1. The van der Waals surface area contributed by atoms with Crippen molar-refractivity contribution in [1.82, 2.24) is 15.5 Å². The first kappa shape index (κ1) is 25.5. The van der Waals surface area contributed by atoms with Crippen LogP contribution >= 0.6 is 24.0 Å². The predicted molar refractivity (Wildman–Crippen MR) is 136 cm³/mol. The topological polar surface area (TPSA) is 48.9 Å². The molecule has 0 unspecified atom stereocenters. The second kappa shape index (κ2) is 13.6. The lowest BCUT2D eigenvalue weighted by molar-refractivity contribution is 0.0341. The minimum Gasteiger partial charge on any atom is -0.379 e. The van der Waals surface area contributed by atoms with Crippen molar-refractivity contribution in [3.63, 3.8) is 0 Å². The Kier molecular flexibility index (Phi) is 11.2. The summed E-state index contributed by atoms with van der Waals surface area (Å²) in [4.78, 5) is 7.23. The zero-order valence-corrected chi connectivity index (χ0v) is 20.8. The summed E-state index contributed by atoms with van der Waals surface area (Å²) in [5.41, 5.74) is 4.70. The molecule has 0 amide bonds. The fourth-order valence-corrected chi connectivity index (χ4v) is 3.63. The van der Waals surface area contributed by atoms with E-state index in [4.69, 9.17) is 9.73 Å². The molecule has 0 aromatic heterocycles. The zero-order valence-electron chi connectivity index (χ0n) is 18.5. The second-order valence-corrected chi connectivity index (χ2v) is 7.60. The second-order valence-electron chi connectivity index (χ2n) is 7.60. The molecule has 2 aromatic rings. The van der Waals surface area contributed by atoms with E-state index < -0.39 is 0 Å². The Morgan fingerprint density at radius 1 is 1.06 bits per heavy atom. The Balaban J connectivity index is 0.00000341. The molecule has 1 fully saturated rings. The molecule has 0 aliphatic carbocycles. The van der Waals surface area contributed by atoms with E-state index in [1.165, 1.54) is 17.2 Å². The average Bonchev–Trinajstić information content (AvgIpc) is 2.75. The standard InChI is InChI=1S/C24H33FN4O.HI/c1-3-26-24(27-11-10-20-8-9-23(25)16-19(20)2)28-17-21-6-4-5-7-22(21)18-29-12-14-30-15-13-29;/h4-9,16H,3,10-15,17-18H2,1-2H3,(H2,26,27,28);1H. The lowest BCUT2D eigenvalue weighted by Gasteiger charge is -2.27. The summed E-state index contributed by atoms with van der Waals surface area (Å²) < 4.78 is 18.7. The molecule has 1 heterocycles. The molecule has 0 spiro atoms. The van der Waals surface area contributed by atoms with Gasteiger partial charge in [0.15, 0.2) is 5.96 Å². The highest BCUT2D eigenvalue weighted by Crippen LogP contribution is 2.14. The van der Waals surface area contributed by atoms with Gasteiger partial charge in [-0.05, 0) is 54.7 Å². The van der Waals surface area contributed by atoms with Gasteiger partial charge in [0.1, 0.15) is 5.82 Å². The molecule has 2 N–H and O–H groups in total. The number of nitrogens with one attached hydrogen (secondary N) is 2. The molecule has 5 nitrogen and oxygen atoms in total. The maximum Gasteiger partial charge on any atom is 0.191 e. The minimum absolute atomic E-state index is 0. The van der Waals surface area contributed by atoms with E-state index in [0.717, 1.165) is 69.4 Å². The van der Waals surface area contributed by atoms with Crippen molar-refractivity contribution in [3.05, 3.63) is 70.5 Å². The predicted octanol–water partition coefficient (Wildman–Crippen LogP) is 3.88. The molecular weight excluding hydrogens is 506 g/mol. The summed E-state index contributed by atoms with van der Waals surface area (Å²) in [5, 5.41) is 6.72. The SMILES string of the molecule is CCNC(=NCc1ccccc1CN1CCOCC1)NCCc1ccc(F)cc1C.I. The van der Waals surface area contributed by atoms with E-state index in [-0.39, 0.29) is 29.8 Å². The number of guanidine groups is 1. The minimum atomic E-state index is -0.185. The Morgan fingerprint density at radius 3 is 2.52 bits per heavy atom. The molecule has 31 heavy (non-hydrogen) atoms. The van der Waals surface area contributed by atoms with E-state index >= 15 is 0 Å². The fraction of sp³-hybridized carbons (Fsp3) is 0.458. The highest BCUT2D eigenvalue weighted by Gasteiger charge is 2.12. The van der Waals surface area contributed by atoms with Gasteiger partial charge in [-0.25, -0.2) is 9.38 Å². The van der Waals surface area contributed by atoms with Crippen molar-refractivity contribution < 1.29 is 9.13 Å². The third-order valence-electron chi connectivity index (χ3n) is 5.36. The number of nitrogens with zero attached hydrogens (tertiary/aromatic N) is 2. The third kappa shape index (κ3) is 8.38. The van der Waals surface area contributed by atoms with Gasteiger partial charge >= 0.3 is 0 Å². The number of ether oxygens (including phenoxy) is 1. The lowest BCUT2D eigenvalue weighted by Crippen LogP contribution is -2.38. The van der Waals surface area contributed by atoms with Crippen LogP contribution in [0.5, 0.6) is 0 Å². The van der Waals surface area contributed by atoms with Crippen LogP contribution in [0.1, 0.15) is 29.2 Å². The van der Waals surface area contributed by atoms with E-state index in [1.807, 2.05) is 13.0 Å². The molecule has 170 valence electrons. The quantitative estimate of drug-likeness (QED) is 0.303. The summed E-state index contributed by atoms with van der Waals surface area (Å²) in [5.74, 6) is 0.619. The summed E-state index contributed by atoms with van der Waals surface area (Å²) in [6.45, 7) is 10.7. The van der Waals surface area contributed by atoms with E-state index in [1.54, 1.807) is 6.07 Å². The number of hydrogen-bond acceptors (Lipinski definition) is 3. The van der Waals surface area contributed by atoms with Crippen LogP contribution in [0, 0.1) is 12.7 Å². The van der Waals surface area contributed by atoms with Crippen LogP contribution in [0.3, 0.4) is 0 Å². The molecule has 7 heteroatoms. The van der Waals surface area contributed by atoms with Gasteiger partial charge in [0.25, 0.3) is 0 Å². The summed E-state index contributed by atoms with van der Waals surface area (Å²) >= 11 is 0. The molecule has 0 radical (unpaired) electrons.